The standard InChI is InChI=1S/C15H15NO2.ClH/c17-15(18)14-9-16-8-13(14)12-7-3-5-10-4-1-2-6-11(10)12;/h1-7,13-14,16H,8-9H2,(H,17,18);1H/t13-,14+;/m0./s1. The Bertz CT molecular complexity index is 594. The summed E-state index contributed by atoms with van der Waals surface area (Å²) in [7, 11) is 0. The van der Waals surface area contributed by atoms with Gasteiger partial charge in [-0.15, -0.1) is 12.4 Å². The first kappa shape index (κ1) is 13.8. The molecule has 0 amide bonds. The van der Waals surface area contributed by atoms with Gasteiger partial charge in [-0.25, -0.2) is 0 Å². The Kier molecular flexibility index (Phi) is 4.08. The quantitative estimate of drug-likeness (QED) is 0.887. The fourth-order valence-electron chi connectivity index (χ4n) is 2.84. The summed E-state index contributed by atoms with van der Waals surface area (Å²) in [6.07, 6.45) is 0. The number of hydrogen-bond donors (Lipinski definition) is 2. The maximum absolute atomic E-state index is 11.3. The van der Waals surface area contributed by atoms with Crippen LogP contribution in [0.1, 0.15) is 11.5 Å². The summed E-state index contributed by atoms with van der Waals surface area (Å²) >= 11 is 0. The van der Waals surface area contributed by atoms with Gasteiger partial charge in [0.05, 0.1) is 5.92 Å². The molecule has 0 saturated carbocycles. The Hall–Kier alpha value is -1.58. The molecule has 100 valence electrons. The van der Waals surface area contributed by atoms with Gasteiger partial charge in [0.1, 0.15) is 0 Å². The molecular weight excluding hydrogens is 262 g/mol. The van der Waals surface area contributed by atoms with Crippen LogP contribution in [0.2, 0.25) is 0 Å². The molecule has 0 unspecified atom stereocenters. The molecule has 2 N–H and O–H groups in total. The van der Waals surface area contributed by atoms with Crippen LogP contribution in [0, 0.1) is 5.92 Å². The van der Waals surface area contributed by atoms with Gasteiger partial charge < -0.3 is 10.4 Å². The summed E-state index contributed by atoms with van der Waals surface area (Å²) in [6.45, 7) is 1.30. The number of halogens is 1. The third-order valence-electron chi connectivity index (χ3n) is 3.75. The van der Waals surface area contributed by atoms with Gasteiger partial charge >= 0.3 is 5.97 Å². The number of rotatable bonds is 2. The summed E-state index contributed by atoms with van der Waals surface area (Å²) < 4.78 is 0. The van der Waals surface area contributed by atoms with Crippen LogP contribution in [0.15, 0.2) is 42.5 Å². The van der Waals surface area contributed by atoms with Crippen LogP contribution in [0.5, 0.6) is 0 Å². The molecule has 1 aliphatic heterocycles. The van der Waals surface area contributed by atoms with Gasteiger partial charge in [-0.2, -0.15) is 0 Å². The highest BCUT2D eigenvalue weighted by Gasteiger charge is 2.34. The monoisotopic (exact) mass is 277 g/mol. The molecule has 0 radical (unpaired) electrons. The predicted octanol–water partition coefficient (Wildman–Crippen LogP) is 2.65. The van der Waals surface area contributed by atoms with Crippen molar-refractivity contribution in [2.45, 2.75) is 5.92 Å². The Morgan fingerprint density at radius 3 is 2.63 bits per heavy atom. The van der Waals surface area contributed by atoms with E-state index in [2.05, 4.69) is 29.6 Å². The smallest absolute Gasteiger partial charge is 0.308 e. The van der Waals surface area contributed by atoms with Gasteiger partial charge in [0, 0.05) is 19.0 Å². The SMILES string of the molecule is Cl.O=C(O)[C@@H]1CNC[C@H]1c1cccc2ccccc12. The average Bonchev–Trinajstić information content (AvgIpc) is 2.87. The number of fused-ring (bicyclic) bond motifs is 1. The molecule has 3 nitrogen and oxygen atoms in total. The first-order valence-corrected chi connectivity index (χ1v) is 6.18. The van der Waals surface area contributed by atoms with Gasteiger partial charge in [-0.3, -0.25) is 4.79 Å². The van der Waals surface area contributed by atoms with E-state index in [-0.39, 0.29) is 24.2 Å². The predicted molar refractivity (Wildman–Crippen MR) is 77.9 cm³/mol. The molecule has 19 heavy (non-hydrogen) atoms. The van der Waals surface area contributed by atoms with Crippen molar-refractivity contribution in [1.29, 1.82) is 0 Å². The second-order valence-electron chi connectivity index (χ2n) is 4.78. The number of carbonyl (C=O) groups is 1. The van der Waals surface area contributed by atoms with Crippen LogP contribution in [-0.2, 0) is 4.79 Å². The molecule has 0 spiro atoms. The van der Waals surface area contributed by atoms with Crippen molar-refractivity contribution in [2.24, 2.45) is 5.92 Å². The molecule has 1 saturated heterocycles. The van der Waals surface area contributed by atoms with Crippen LogP contribution in [-0.4, -0.2) is 24.2 Å². The number of carboxylic acid groups (broad SMARTS) is 1. The Morgan fingerprint density at radius 2 is 1.84 bits per heavy atom. The van der Waals surface area contributed by atoms with Crippen molar-refractivity contribution in [2.75, 3.05) is 13.1 Å². The molecule has 1 heterocycles. The minimum absolute atomic E-state index is 0. The Labute approximate surface area is 118 Å². The van der Waals surface area contributed by atoms with Crippen molar-refractivity contribution in [3.63, 3.8) is 0 Å². The van der Waals surface area contributed by atoms with E-state index in [0.29, 0.717) is 6.54 Å². The Balaban J connectivity index is 0.00000133. The maximum atomic E-state index is 11.3. The summed E-state index contributed by atoms with van der Waals surface area (Å²) in [6, 6.07) is 14.3. The van der Waals surface area contributed by atoms with Gasteiger partial charge in [0.15, 0.2) is 0 Å². The highest BCUT2D eigenvalue weighted by molar-refractivity contribution is 5.87. The fourth-order valence-corrected chi connectivity index (χ4v) is 2.84. The summed E-state index contributed by atoms with van der Waals surface area (Å²) in [5.74, 6) is -0.970. The summed E-state index contributed by atoms with van der Waals surface area (Å²) in [5, 5.41) is 14.8. The van der Waals surface area contributed by atoms with Crippen molar-refractivity contribution in [1.82, 2.24) is 5.32 Å². The van der Waals surface area contributed by atoms with E-state index in [0.717, 1.165) is 12.1 Å². The molecule has 3 rings (SSSR count). The minimum atomic E-state index is -0.710. The van der Waals surface area contributed by atoms with E-state index < -0.39 is 5.97 Å². The fraction of sp³-hybridized carbons (Fsp3) is 0.267. The van der Waals surface area contributed by atoms with E-state index in [9.17, 15) is 9.90 Å². The largest absolute Gasteiger partial charge is 0.481 e. The van der Waals surface area contributed by atoms with E-state index in [1.165, 1.54) is 10.8 Å². The lowest BCUT2D eigenvalue weighted by atomic mass is 9.86. The van der Waals surface area contributed by atoms with Crippen molar-refractivity contribution in [3.05, 3.63) is 48.0 Å². The lowest BCUT2D eigenvalue weighted by Crippen LogP contribution is -2.21. The van der Waals surface area contributed by atoms with Gasteiger partial charge in [0.25, 0.3) is 0 Å². The van der Waals surface area contributed by atoms with E-state index in [1.807, 2.05) is 18.2 Å². The summed E-state index contributed by atoms with van der Waals surface area (Å²) in [5.41, 5.74) is 1.14. The van der Waals surface area contributed by atoms with Crippen LogP contribution in [0.25, 0.3) is 10.8 Å². The molecule has 2 aromatic rings. The van der Waals surface area contributed by atoms with E-state index in [4.69, 9.17) is 0 Å². The molecule has 4 heteroatoms. The number of benzene rings is 2. The third-order valence-corrected chi connectivity index (χ3v) is 3.75. The molecule has 0 aromatic heterocycles. The average molecular weight is 278 g/mol. The normalized spacial score (nSPS) is 22.1. The van der Waals surface area contributed by atoms with Crippen molar-refractivity contribution >= 4 is 29.1 Å². The van der Waals surface area contributed by atoms with Gasteiger partial charge in [-0.1, -0.05) is 42.5 Å². The molecule has 2 aromatic carbocycles. The zero-order chi connectivity index (χ0) is 12.5. The highest BCUT2D eigenvalue weighted by Crippen LogP contribution is 2.33. The zero-order valence-electron chi connectivity index (χ0n) is 10.4. The van der Waals surface area contributed by atoms with Gasteiger partial charge in [0.2, 0.25) is 0 Å². The number of nitrogens with one attached hydrogen (secondary N) is 1. The molecule has 1 aliphatic rings. The molecule has 0 bridgehead atoms. The first-order chi connectivity index (χ1) is 8.77. The number of hydrogen-bond acceptors (Lipinski definition) is 2. The molecule has 2 atom stereocenters. The lowest BCUT2D eigenvalue weighted by Gasteiger charge is -2.17. The highest BCUT2D eigenvalue weighted by atomic mass is 35.5. The van der Waals surface area contributed by atoms with Crippen molar-refractivity contribution < 1.29 is 9.90 Å². The minimum Gasteiger partial charge on any atom is -0.481 e. The molecule has 1 fully saturated rings. The zero-order valence-corrected chi connectivity index (χ0v) is 11.2. The van der Waals surface area contributed by atoms with E-state index >= 15 is 0 Å². The van der Waals surface area contributed by atoms with Crippen molar-refractivity contribution in [3.8, 4) is 0 Å². The maximum Gasteiger partial charge on any atom is 0.308 e. The number of aliphatic carboxylic acids is 1. The third kappa shape index (κ3) is 2.44. The van der Waals surface area contributed by atoms with Gasteiger partial charge in [-0.05, 0) is 16.3 Å². The van der Waals surface area contributed by atoms with Crippen LogP contribution in [0.3, 0.4) is 0 Å². The second kappa shape index (κ2) is 5.59. The lowest BCUT2D eigenvalue weighted by molar-refractivity contribution is -0.141. The van der Waals surface area contributed by atoms with Crippen LogP contribution in [0.4, 0.5) is 0 Å². The summed E-state index contributed by atoms with van der Waals surface area (Å²) in [4.78, 5) is 11.3. The Morgan fingerprint density at radius 1 is 1.11 bits per heavy atom. The first-order valence-electron chi connectivity index (χ1n) is 6.18. The second-order valence-corrected chi connectivity index (χ2v) is 4.78. The van der Waals surface area contributed by atoms with Crippen LogP contribution < -0.4 is 5.32 Å². The molecular formula is C15H16ClNO2. The number of carboxylic acids is 1. The van der Waals surface area contributed by atoms with Crippen LogP contribution >= 0.6 is 12.4 Å². The molecule has 0 aliphatic carbocycles. The topological polar surface area (TPSA) is 49.3 Å². The van der Waals surface area contributed by atoms with E-state index in [1.54, 1.807) is 0 Å².